The molecule has 0 unspecified atom stereocenters. The van der Waals surface area contributed by atoms with Gasteiger partial charge in [-0.05, 0) is 69.6 Å². The number of benzene rings is 4. The van der Waals surface area contributed by atoms with E-state index < -0.39 is 0 Å². The van der Waals surface area contributed by atoms with Gasteiger partial charge in [0.05, 0.1) is 18.6 Å². The first-order chi connectivity index (χ1) is 17.5. The van der Waals surface area contributed by atoms with Crippen molar-refractivity contribution in [3.05, 3.63) is 111 Å². The number of imide groups is 1. The maximum atomic E-state index is 13.1. The molecule has 7 heteroatoms. The molecular weight excluding hydrogens is 538 g/mol. The summed E-state index contributed by atoms with van der Waals surface area (Å²) in [6, 6.07) is 27.2. The molecule has 0 saturated carbocycles. The number of carbonyl (C=O) groups excluding carboxylic acids is 2. The van der Waals surface area contributed by atoms with Crippen molar-refractivity contribution >= 4 is 55.7 Å². The average molecular weight is 560 g/mol. The van der Waals surface area contributed by atoms with Crippen LogP contribution in [-0.4, -0.2) is 23.2 Å². The quantitative estimate of drug-likeness (QED) is 0.220. The van der Waals surface area contributed by atoms with Crippen LogP contribution in [0.1, 0.15) is 16.7 Å². The molecule has 1 aliphatic heterocycles. The molecule has 36 heavy (non-hydrogen) atoms. The molecule has 1 fully saturated rings. The summed E-state index contributed by atoms with van der Waals surface area (Å²) in [4.78, 5) is 27.5. The SMILES string of the molecule is COc1cc(/C=C2\SC(=O)N(Cc3cccc4ccccc34)C2=O)ccc1OCc1ccc(Br)cc1. The van der Waals surface area contributed by atoms with Crippen LogP contribution in [0.25, 0.3) is 16.8 Å². The molecule has 5 nitrogen and oxygen atoms in total. The smallest absolute Gasteiger partial charge is 0.293 e. The van der Waals surface area contributed by atoms with Crippen molar-refractivity contribution in [1.82, 2.24) is 4.90 Å². The minimum atomic E-state index is -0.299. The molecule has 0 bridgehead atoms. The number of hydrogen-bond donors (Lipinski definition) is 0. The van der Waals surface area contributed by atoms with E-state index in [4.69, 9.17) is 9.47 Å². The second-order valence-corrected chi connectivity index (χ2v) is 10.1. The first-order valence-corrected chi connectivity index (χ1v) is 12.9. The zero-order valence-electron chi connectivity index (χ0n) is 19.4. The highest BCUT2D eigenvalue weighted by atomic mass is 79.9. The van der Waals surface area contributed by atoms with Gasteiger partial charge in [-0.25, -0.2) is 0 Å². The topological polar surface area (TPSA) is 55.8 Å². The molecule has 0 aliphatic carbocycles. The van der Waals surface area contributed by atoms with Crippen LogP contribution in [-0.2, 0) is 17.9 Å². The van der Waals surface area contributed by atoms with Crippen LogP contribution in [0.4, 0.5) is 4.79 Å². The maximum absolute atomic E-state index is 13.1. The number of fused-ring (bicyclic) bond motifs is 1. The van der Waals surface area contributed by atoms with E-state index >= 15 is 0 Å². The number of hydrogen-bond acceptors (Lipinski definition) is 5. The first-order valence-electron chi connectivity index (χ1n) is 11.3. The number of methoxy groups -OCH3 is 1. The van der Waals surface area contributed by atoms with E-state index in [0.29, 0.717) is 23.0 Å². The van der Waals surface area contributed by atoms with Gasteiger partial charge in [0.15, 0.2) is 11.5 Å². The second kappa shape index (κ2) is 10.6. The van der Waals surface area contributed by atoms with Crippen LogP contribution >= 0.6 is 27.7 Å². The lowest BCUT2D eigenvalue weighted by atomic mass is 10.0. The van der Waals surface area contributed by atoms with Gasteiger partial charge in [-0.2, -0.15) is 0 Å². The Hall–Kier alpha value is -3.55. The van der Waals surface area contributed by atoms with Gasteiger partial charge in [-0.15, -0.1) is 0 Å². The Morgan fingerprint density at radius 3 is 2.50 bits per heavy atom. The van der Waals surface area contributed by atoms with Gasteiger partial charge in [-0.1, -0.05) is 76.6 Å². The lowest BCUT2D eigenvalue weighted by Gasteiger charge is -2.14. The highest BCUT2D eigenvalue weighted by Crippen LogP contribution is 2.36. The van der Waals surface area contributed by atoms with E-state index in [-0.39, 0.29) is 17.7 Å². The number of thioether (sulfide) groups is 1. The average Bonchev–Trinajstić information content (AvgIpc) is 3.16. The molecule has 0 N–H and O–H groups in total. The number of ether oxygens (including phenoxy) is 2. The normalized spacial score (nSPS) is 14.6. The van der Waals surface area contributed by atoms with Crippen LogP contribution in [0.2, 0.25) is 0 Å². The van der Waals surface area contributed by atoms with E-state index in [1.54, 1.807) is 19.3 Å². The summed E-state index contributed by atoms with van der Waals surface area (Å²) in [6.07, 6.45) is 1.72. The van der Waals surface area contributed by atoms with Gasteiger partial charge in [0.1, 0.15) is 6.61 Å². The summed E-state index contributed by atoms with van der Waals surface area (Å²) >= 11 is 4.38. The van der Waals surface area contributed by atoms with Crippen molar-refractivity contribution in [2.45, 2.75) is 13.2 Å². The summed E-state index contributed by atoms with van der Waals surface area (Å²) < 4.78 is 12.5. The third-order valence-corrected chi connectivity index (χ3v) is 7.31. The van der Waals surface area contributed by atoms with Crippen LogP contribution < -0.4 is 9.47 Å². The largest absolute Gasteiger partial charge is 0.493 e. The van der Waals surface area contributed by atoms with E-state index in [1.807, 2.05) is 78.9 Å². The summed E-state index contributed by atoms with van der Waals surface area (Å²) in [7, 11) is 1.57. The third-order valence-electron chi connectivity index (χ3n) is 5.88. The summed E-state index contributed by atoms with van der Waals surface area (Å²) in [6.45, 7) is 0.631. The van der Waals surface area contributed by atoms with Gasteiger partial charge < -0.3 is 9.47 Å². The number of carbonyl (C=O) groups is 2. The Labute approximate surface area is 221 Å². The molecule has 1 heterocycles. The van der Waals surface area contributed by atoms with Crippen molar-refractivity contribution in [3.63, 3.8) is 0 Å². The number of halogens is 1. The van der Waals surface area contributed by atoms with Crippen LogP contribution in [0.5, 0.6) is 11.5 Å². The Morgan fingerprint density at radius 1 is 0.917 bits per heavy atom. The summed E-state index contributed by atoms with van der Waals surface area (Å²) in [5.74, 6) is 0.852. The number of amides is 2. The van der Waals surface area contributed by atoms with Crippen LogP contribution in [0.3, 0.4) is 0 Å². The molecule has 0 spiro atoms. The summed E-state index contributed by atoms with van der Waals surface area (Å²) in [5.41, 5.74) is 2.72. The predicted molar refractivity (Wildman–Crippen MR) is 147 cm³/mol. The Bertz CT molecular complexity index is 1480. The Kier molecular flexibility index (Phi) is 7.11. The molecule has 4 aromatic rings. The molecule has 0 radical (unpaired) electrons. The van der Waals surface area contributed by atoms with Crippen molar-refractivity contribution in [2.24, 2.45) is 0 Å². The van der Waals surface area contributed by atoms with E-state index in [2.05, 4.69) is 15.9 Å². The maximum Gasteiger partial charge on any atom is 0.293 e. The standard InChI is InChI=1S/C29H22BrNO4S/c1-34-26-15-20(11-14-25(26)35-18-19-9-12-23(30)13-10-19)16-27-28(32)31(29(33)36-27)17-22-7-4-6-21-5-2-3-8-24(21)22/h2-16H,17-18H2,1H3/b27-16-. The predicted octanol–water partition coefficient (Wildman–Crippen LogP) is 7.43. The molecule has 0 atom stereocenters. The zero-order chi connectivity index (χ0) is 25.1. The number of rotatable bonds is 7. The van der Waals surface area contributed by atoms with E-state index in [9.17, 15) is 9.59 Å². The van der Waals surface area contributed by atoms with Crippen molar-refractivity contribution in [1.29, 1.82) is 0 Å². The molecule has 1 aliphatic rings. The molecule has 1 saturated heterocycles. The fourth-order valence-corrected chi connectivity index (χ4v) is 5.13. The Morgan fingerprint density at radius 2 is 1.69 bits per heavy atom. The van der Waals surface area contributed by atoms with Gasteiger partial charge >= 0.3 is 0 Å². The minimum absolute atomic E-state index is 0.232. The van der Waals surface area contributed by atoms with E-state index in [0.717, 1.165) is 43.7 Å². The third kappa shape index (κ3) is 5.17. The van der Waals surface area contributed by atoms with Crippen molar-refractivity contribution in [3.8, 4) is 11.5 Å². The highest BCUT2D eigenvalue weighted by molar-refractivity contribution is 9.10. The van der Waals surface area contributed by atoms with Gasteiger partial charge in [0, 0.05) is 4.47 Å². The van der Waals surface area contributed by atoms with Crippen LogP contribution in [0.15, 0.2) is 94.3 Å². The monoisotopic (exact) mass is 559 g/mol. The zero-order valence-corrected chi connectivity index (χ0v) is 21.8. The first kappa shape index (κ1) is 24.2. The van der Waals surface area contributed by atoms with Gasteiger partial charge in [-0.3, -0.25) is 14.5 Å². The molecule has 2 amide bonds. The highest BCUT2D eigenvalue weighted by Gasteiger charge is 2.35. The molecular formula is C29H22BrNO4S. The van der Waals surface area contributed by atoms with Gasteiger partial charge in [0.25, 0.3) is 11.1 Å². The van der Waals surface area contributed by atoms with Crippen LogP contribution in [0, 0.1) is 0 Å². The molecule has 0 aromatic heterocycles. The molecule has 5 rings (SSSR count). The van der Waals surface area contributed by atoms with Crippen molar-refractivity contribution < 1.29 is 19.1 Å². The molecule has 180 valence electrons. The minimum Gasteiger partial charge on any atom is -0.493 e. The Balaban J connectivity index is 1.33. The van der Waals surface area contributed by atoms with Crippen molar-refractivity contribution in [2.75, 3.05) is 7.11 Å². The second-order valence-electron chi connectivity index (χ2n) is 8.23. The fourth-order valence-electron chi connectivity index (χ4n) is 4.02. The number of nitrogens with zero attached hydrogens (tertiary/aromatic N) is 1. The molecule has 4 aromatic carbocycles. The summed E-state index contributed by atoms with van der Waals surface area (Å²) in [5, 5.41) is 1.83. The fraction of sp³-hybridized carbons (Fsp3) is 0.103. The van der Waals surface area contributed by atoms with E-state index in [1.165, 1.54) is 4.90 Å². The van der Waals surface area contributed by atoms with Gasteiger partial charge in [0.2, 0.25) is 0 Å². The lowest BCUT2D eigenvalue weighted by Crippen LogP contribution is -2.27. The lowest BCUT2D eigenvalue weighted by molar-refractivity contribution is -0.123.